The Hall–Kier alpha value is -2.08. The second-order valence-corrected chi connectivity index (χ2v) is 5.28. The highest BCUT2D eigenvalue weighted by Gasteiger charge is 2.36. The zero-order valence-electron chi connectivity index (χ0n) is 10.7. The van der Waals surface area contributed by atoms with Crippen LogP contribution in [0.4, 0.5) is 5.69 Å². The minimum atomic E-state index is -0.361. The molecule has 0 aliphatic carbocycles. The van der Waals surface area contributed by atoms with Crippen molar-refractivity contribution in [3.63, 3.8) is 0 Å². The lowest BCUT2D eigenvalue weighted by atomic mass is 9.89. The molecule has 0 spiro atoms. The Labute approximate surface area is 109 Å². The van der Waals surface area contributed by atoms with Crippen molar-refractivity contribution < 1.29 is 4.79 Å². The highest BCUT2D eigenvalue weighted by Crippen LogP contribution is 2.26. The third-order valence-corrected chi connectivity index (χ3v) is 3.69. The topological polar surface area (TPSA) is 89.8 Å². The van der Waals surface area contributed by atoms with Crippen LogP contribution in [0.1, 0.15) is 13.3 Å². The second-order valence-electron chi connectivity index (χ2n) is 5.28. The predicted molar refractivity (Wildman–Crippen MR) is 73.1 cm³/mol. The molecule has 1 aromatic heterocycles. The summed E-state index contributed by atoms with van der Waals surface area (Å²) in [4.78, 5) is 28.8. The van der Waals surface area contributed by atoms with E-state index in [0.29, 0.717) is 17.7 Å². The average Bonchev–Trinajstić information content (AvgIpc) is 2.95. The van der Waals surface area contributed by atoms with Crippen LogP contribution in [0.2, 0.25) is 0 Å². The first-order valence-electron chi connectivity index (χ1n) is 6.31. The van der Waals surface area contributed by atoms with Gasteiger partial charge in [-0.15, -0.1) is 0 Å². The van der Waals surface area contributed by atoms with Gasteiger partial charge >= 0.3 is 5.69 Å². The van der Waals surface area contributed by atoms with Gasteiger partial charge < -0.3 is 20.6 Å². The predicted octanol–water partition coefficient (Wildman–Crippen LogP) is 0.794. The molecule has 0 bridgehead atoms. The van der Waals surface area contributed by atoms with Crippen LogP contribution in [0.25, 0.3) is 11.0 Å². The Kier molecular flexibility index (Phi) is 2.67. The van der Waals surface area contributed by atoms with Gasteiger partial charge in [-0.3, -0.25) is 4.79 Å². The molecule has 100 valence electrons. The zero-order valence-corrected chi connectivity index (χ0v) is 10.7. The average molecular weight is 260 g/mol. The largest absolute Gasteiger partial charge is 0.325 e. The van der Waals surface area contributed by atoms with E-state index in [0.717, 1.165) is 18.5 Å². The second kappa shape index (κ2) is 4.24. The molecule has 1 aromatic carbocycles. The Morgan fingerprint density at radius 1 is 1.32 bits per heavy atom. The number of nitrogens with one attached hydrogen (secondary N) is 4. The van der Waals surface area contributed by atoms with E-state index in [-0.39, 0.29) is 17.0 Å². The molecule has 2 heterocycles. The summed E-state index contributed by atoms with van der Waals surface area (Å²) in [5.74, 6) is 0.00901. The monoisotopic (exact) mass is 260 g/mol. The van der Waals surface area contributed by atoms with E-state index in [1.165, 1.54) is 0 Å². The standard InChI is InChI=1S/C13H16N4O2/c1-13(4-5-14-7-13)11(18)15-8-2-3-9-10(6-8)17-12(19)16-9/h2-3,6,14H,4-5,7H2,1H3,(H,15,18)(H2,16,17,19). The lowest BCUT2D eigenvalue weighted by molar-refractivity contribution is -0.123. The highest BCUT2D eigenvalue weighted by atomic mass is 16.2. The molecule has 6 nitrogen and oxygen atoms in total. The van der Waals surface area contributed by atoms with Gasteiger partial charge in [0.2, 0.25) is 5.91 Å². The van der Waals surface area contributed by atoms with E-state index in [2.05, 4.69) is 20.6 Å². The number of amides is 1. The number of H-pyrrole nitrogens is 2. The molecule has 3 rings (SSSR count). The van der Waals surface area contributed by atoms with E-state index in [4.69, 9.17) is 0 Å². The molecule has 4 N–H and O–H groups in total. The van der Waals surface area contributed by atoms with Gasteiger partial charge in [-0.2, -0.15) is 0 Å². The molecule has 1 atom stereocenters. The molecule has 1 amide bonds. The van der Waals surface area contributed by atoms with Crippen molar-refractivity contribution in [3.8, 4) is 0 Å². The van der Waals surface area contributed by atoms with Crippen molar-refractivity contribution in [1.29, 1.82) is 0 Å². The molecule has 1 fully saturated rings. The Bertz CT molecular complexity index is 679. The number of hydrogen-bond donors (Lipinski definition) is 4. The molecule has 0 saturated carbocycles. The fraction of sp³-hybridized carbons (Fsp3) is 0.385. The molecular formula is C13H16N4O2. The van der Waals surface area contributed by atoms with Crippen LogP contribution >= 0.6 is 0 Å². The van der Waals surface area contributed by atoms with E-state index in [9.17, 15) is 9.59 Å². The molecular weight excluding hydrogens is 244 g/mol. The molecule has 0 radical (unpaired) electrons. The number of carbonyl (C=O) groups excluding carboxylic acids is 1. The van der Waals surface area contributed by atoms with Gasteiger partial charge in [-0.25, -0.2) is 4.79 Å². The van der Waals surface area contributed by atoms with Crippen LogP contribution in [-0.2, 0) is 4.79 Å². The first-order chi connectivity index (χ1) is 9.07. The number of aromatic nitrogens is 2. The summed E-state index contributed by atoms with van der Waals surface area (Å²) in [5, 5.41) is 6.11. The van der Waals surface area contributed by atoms with Gasteiger partial charge in [0.05, 0.1) is 16.4 Å². The van der Waals surface area contributed by atoms with E-state index >= 15 is 0 Å². The van der Waals surface area contributed by atoms with Gasteiger partial charge in [0.15, 0.2) is 0 Å². The van der Waals surface area contributed by atoms with E-state index in [1.807, 2.05) is 6.92 Å². The fourth-order valence-electron chi connectivity index (χ4n) is 2.40. The highest BCUT2D eigenvalue weighted by molar-refractivity contribution is 5.96. The van der Waals surface area contributed by atoms with Crippen molar-refractivity contribution in [1.82, 2.24) is 15.3 Å². The summed E-state index contributed by atoms with van der Waals surface area (Å²) in [6.07, 6.45) is 0.835. The smallest absolute Gasteiger partial charge is 0.323 e. The molecule has 6 heteroatoms. The molecule has 2 aromatic rings. The van der Waals surface area contributed by atoms with Crippen molar-refractivity contribution in [2.24, 2.45) is 5.41 Å². The zero-order chi connectivity index (χ0) is 13.5. The Morgan fingerprint density at radius 2 is 2.11 bits per heavy atom. The number of hydrogen-bond acceptors (Lipinski definition) is 3. The van der Waals surface area contributed by atoms with Crippen LogP contribution in [0.3, 0.4) is 0 Å². The molecule has 1 aliphatic heterocycles. The lowest BCUT2D eigenvalue weighted by Crippen LogP contribution is -2.35. The normalized spacial score (nSPS) is 22.8. The van der Waals surface area contributed by atoms with Gasteiger partial charge in [0.25, 0.3) is 0 Å². The van der Waals surface area contributed by atoms with E-state index < -0.39 is 0 Å². The number of aromatic amines is 2. The quantitative estimate of drug-likeness (QED) is 0.643. The summed E-state index contributed by atoms with van der Waals surface area (Å²) in [7, 11) is 0. The van der Waals surface area contributed by atoms with Gasteiger partial charge in [0.1, 0.15) is 0 Å². The fourth-order valence-corrected chi connectivity index (χ4v) is 2.40. The van der Waals surface area contributed by atoms with Crippen LogP contribution in [-0.4, -0.2) is 29.0 Å². The van der Waals surface area contributed by atoms with Crippen molar-refractivity contribution in [2.45, 2.75) is 13.3 Å². The Morgan fingerprint density at radius 3 is 2.84 bits per heavy atom. The maximum Gasteiger partial charge on any atom is 0.323 e. The summed E-state index contributed by atoms with van der Waals surface area (Å²) in [6, 6.07) is 5.32. The van der Waals surface area contributed by atoms with Gasteiger partial charge in [-0.1, -0.05) is 0 Å². The number of rotatable bonds is 2. The first kappa shape index (κ1) is 12.0. The maximum absolute atomic E-state index is 12.2. The van der Waals surface area contributed by atoms with Crippen molar-refractivity contribution in [3.05, 3.63) is 28.7 Å². The Balaban J connectivity index is 1.84. The number of carbonyl (C=O) groups is 1. The SMILES string of the molecule is CC1(C(=O)Nc2ccc3[nH]c(=O)[nH]c3c2)CCNC1. The number of imidazole rings is 1. The molecule has 19 heavy (non-hydrogen) atoms. The molecule has 1 aliphatic rings. The summed E-state index contributed by atoms with van der Waals surface area (Å²) in [5.41, 5.74) is 1.51. The van der Waals surface area contributed by atoms with Crippen LogP contribution in [0, 0.1) is 5.41 Å². The third kappa shape index (κ3) is 2.15. The number of benzene rings is 1. The van der Waals surface area contributed by atoms with Crippen molar-refractivity contribution in [2.75, 3.05) is 18.4 Å². The number of fused-ring (bicyclic) bond motifs is 1. The van der Waals surface area contributed by atoms with Crippen LogP contribution < -0.4 is 16.3 Å². The number of anilines is 1. The summed E-state index contributed by atoms with van der Waals surface area (Å²) < 4.78 is 0. The molecule has 1 unspecified atom stereocenters. The first-order valence-corrected chi connectivity index (χ1v) is 6.31. The minimum absolute atomic E-state index is 0.00901. The van der Waals surface area contributed by atoms with Crippen LogP contribution in [0.5, 0.6) is 0 Å². The molecule has 1 saturated heterocycles. The summed E-state index contributed by atoms with van der Waals surface area (Å²) in [6.45, 7) is 3.52. The summed E-state index contributed by atoms with van der Waals surface area (Å²) >= 11 is 0. The third-order valence-electron chi connectivity index (χ3n) is 3.69. The minimum Gasteiger partial charge on any atom is -0.325 e. The van der Waals surface area contributed by atoms with Crippen molar-refractivity contribution >= 4 is 22.6 Å². The van der Waals surface area contributed by atoms with Crippen LogP contribution in [0.15, 0.2) is 23.0 Å². The van der Waals surface area contributed by atoms with E-state index in [1.54, 1.807) is 18.2 Å². The maximum atomic E-state index is 12.2. The van der Waals surface area contributed by atoms with Gasteiger partial charge in [-0.05, 0) is 38.1 Å². The van der Waals surface area contributed by atoms with Gasteiger partial charge in [0, 0.05) is 12.2 Å². The lowest BCUT2D eigenvalue weighted by Gasteiger charge is -2.21.